The highest BCUT2D eigenvalue weighted by Crippen LogP contribution is 2.10. The first-order valence-corrected chi connectivity index (χ1v) is 10.2. The normalized spacial score (nSPS) is 16.1. The molecule has 0 atom stereocenters. The Kier molecular flexibility index (Phi) is 12.7. The molecule has 9 nitrogen and oxygen atoms in total. The van der Waals surface area contributed by atoms with Crippen LogP contribution in [0.1, 0.15) is 38.3 Å². The van der Waals surface area contributed by atoms with Gasteiger partial charge in [-0.1, -0.05) is 0 Å². The van der Waals surface area contributed by atoms with Crippen molar-refractivity contribution >= 4 is 29.9 Å². The first-order valence-electron chi connectivity index (χ1n) is 10.2. The Bertz CT molecular complexity index is 601. The Morgan fingerprint density at radius 3 is 2.55 bits per heavy atom. The summed E-state index contributed by atoms with van der Waals surface area (Å²) in [6.45, 7) is 11.9. The highest BCUT2D eigenvalue weighted by atomic mass is 127. The molecule has 2 heterocycles. The van der Waals surface area contributed by atoms with E-state index in [2.05, 4.69) is 39.6 Å². The molecule has 29 heavy (non-hydrogen) atoms. The summed E-state index contributed by atoms with van der Waals surface area (Å²) in [6, 6.07) is 0.414. The molecule has 10 heteroatoms. The first kappa shape index (κ1) is 26.1. The Morgan fingerprint density at radius 1 is 1.24 bits per heavy atom. The van der Waals surface area contributed by atoms with Gasteiger partial charge in [-0.15, -0.1) is 34.2 Å². The zero-order chi connectivity index (χ0) is 20.4. The van der Waals surface area contributed by atoms with E-state index in [-0.39, 0.29) is 24.0 Å². The molecule has 0 unspecified atom stereocenters. The van der Waals surface area contributed by atoms with Crippen LogP contribution in [0.5, 0.6) is 0 Å². The summed E-state index contributed by atoms with van der Waals surface area (Å²) in [7, 11) is 3.66. The fraction of sp³-hybridized carbons (Fsp3) is 0.842. The molecule has 1 aromatic rings. The second-order valence-electron chi connectivity index (χ2n) is 7.49. The van der Waals surface area contributed by atoms with E-state index in [4.69, 9.17) is 14.5 Å². The third kappa shape index (κ3) is 9.58. The number of nitrogens with one attached hydrogen (secondary N) is 2. The fourth-order valence-corrected chi connectivity index (χ4v) is 3.07. The summed E-state index contributed by atoms with van der Waals surface area (Å²) >= 11 is 0. The number of halogens is 1. The van der Waals surface area contributed by atoms with Crippen molar-refractivity contribution in [1.29, 1.82) is 0 Å². The largest absolute Gasteiger partial charge is 0.383 e. The van der Waals surface area contributed by atoms with Gasteiger partial charge in [-0.25, -0.2) is 4.99 Å². The third-order valence-electron chi connectivity index (χ3n) is 4.95. The van der Waals surface area contributed by atoms with Crippen LogP contribution in [0.2, 0.25) is 0 Å². The number of hydrogen-bond acceptors (Lipinski definition) is 6. The van der Waals surface area contributed by atoms with Gasteiger partial charge >= 0.3 is 0 Å². The van der Waals surface area contributed by atoms with Crippen LogP contribution in [0, 0.1) is 6.92 Å². The molecule has 2 N–H and O–H groups in total. The molecule has 1 saturated heterocycles. The summed E-state index contributed by atoms with van der Waals surface area (Å²) in [5.41, 5.74) is 0. The number of aryl methyl sites for hydroxylation is 1. The van der Waals surface area contributed by atoms with E-state index in [1.165, 1.54) is 0 Å². The number of likely N-dealkylation sites (tertiary alicyclic amines) is 1. The molecule has 1 aromatic heterocycles. The summed E-state index contributed by atoms with van der Waals surface area (Å²) in [4.78, 5) is 7.17. The maximum Gasteiger partial charge on any atom is 0.192 e. The van der Waals surface area contributed by atoms with Gasteiger partial charge in [-0.05, 0) is 33.6 Å². The van der Waals surface area contributed by atoms with Gasteiger partial charge in [0.25, 0.3) is 0 Å². The lowest BCUT2D eigenvalue weighted by atomic mass is 10.1. The predicted molar refractivity (Wildman–Crippen MR) is 126 cm³/mol. The molecule has 1 fully saturated rings. The molecule has 1 aliphatic rings. The zero-order valence-electron chi connectivity index (χ0n) is 18.5. The first-order chi connectivity index (χ1) is 13.5. The molecule has 0 spiro atoms. The lowest BCUT2D eigenvalue weighted by molar-refractivity contribution is 0.0532. The van der Waals surface area contributed by atoms with Crippen molar-refractivity contribution in [3.8, 4) is 0 Å². The highest BCUT2D eigenvalue weighted by molar-refractivity contribution is 14.0. The van der Waals surface area contributed by atoms with Crippen LogP contribution in [0.25, 0.3) is 0 Å². The number of rotatable bonds is 10. The highest BCUT2D eigenvalue weighted by Gasteiger charge is 2.20. The molecule has 0 aliphatic carbocycles. The smallest absolute Gasteiger partial charge is 0.192 e. The summed E-state index contributed by atoms with van der Waals surface area (Å²) < 4.78 is 12.8. The van der Waals surface area contributed by atoms with Crippen molar-refractivity contribution in [2.75, 3.05) is 46.5 Å². The topological polar surface area (TPSA) is 88.8 Å². The lowest BCUT2D eigenvalue weighted by Crippen LogP contribution is -2.49. The van der Waals surface area contributed by atoms with Crippen molar-refractivity contribution in [2.45, 2.75) is 52.3 Å². The Labute approximate surface area is 192 Å². The van der Waals surface area contributed by atoms with E-state index >= 15 is 0 Å². The maximum atomic E-state index is 5.66. The molecule has 0 amide bonds. The molecule has 0 aromatic carbocycles. The van der Waals surface area contributed by atoms with E-state index in [0.717, 1.165) is 56.7 Å². The monoisotopic (exact) mass is 523 g/mol. The van der Waals surface area contributed by atoms with Crippen molar-refractivity contribution in [1.82, 2.24) is 30.3 Å². The van der Waals surface area contributed by atoms with Gasteiger partial charge in [-0.3, -0.25) is 0 Å². The molecule has 1 aliphatic heterocycles. The minimum atomic E-state index is 0. The quantitative estimate of drug-likeness (QED) is 0.207. The van der Waals surface area contributed by atoms with Gasteiger partial charge in [-0.2, -0.15) is 0 Å². The number of piperidine rings is 1. The van der Waals surface area contributed by atoms with Crippen LogP contribution in [-0.4, -0.2) is 84.3 Å². The number of methoxy groups -OCH3 is 1. The number of guanidine groups is 1. The molecular formula is C19H38IN7O2. The second kappa shape index (κ2) is 14.1. The third-order valence-corrected chi connectivity index (χ3v) is 4.95. The van der Waals surface area contributed by atoms with Crippen LogP contribution in [-0.2, 0) is 23.1 Å². The Balaban J connectivity index is 0.00000420. The number of aromatic nitrogens is 3. The number of aliphatic imine (C=N–C) groups is 1. The van der Waals surface area contributed by atoms with E-state index in [9.17, 15) is 0 Å². The van der Waals surface area contributed by atoms with Gasteiger partial charge < -0.3 is 29.6 Å². The Hall–Kier alpha value is -0.980. The van der Waals surface area contributed by atoms with E-state index in [0.29, 0.717) is 31.8 Å². The van der Waals surface area contributed by atoms with Crippen LogP contribution < -0.4 is 10.6 Å². The molecule has 0 saturated carbocycles. The van der Waals surface area contributed by atoms with Crippen LogP contribution in [0.3, 0.4) is 0 Å². The SMILES string of the molecule is COCCNC(=NCc1nnc(C)n1C)NC1CCN(CCOC(C)C)CC1.I. The molecule has 0 bridgehead atoms. The van der Waals surface area contributed by atoms with Gasteiger partial charge in [0.1, 0.15) is 12.4 Å². The van der Waals surface area contributed by atoms with Crippen LogP contribution >= 0.6 is 24.0 Å². The molecular weight excluding hydrogens is 485 g/mol. The average molecular weight is 523 g/mol. The van der Waals surface area contributed by atoms with Crippen molar-refractivity contribution < 1.29 is 9.47 Å². The maximum absolute atomic E-state index is 5.66. The molecule has 2 rings (SSSR count). The summed E-state index contributed by atoms with van der Waals surface area (Å²) in [5.74, 6) is 2.55. The molecule has 0 radical (unpaired) electrons. The predicted octanol–water partition coefficient (Wildman–Crippen LogP) is 1.31. The lowest BCUT2D eigenvalue weighted by Gasteiger charge is -2.33. The minimum Gasteiger partial charge on any atom is -0.383 e. The zero-order valence-corrected chi connectivity index (χ0v) is 20.8. The van der Waals surface area contributed by atoms with Crippen molar-refractivity contribution in [3.05, 3.63) is 11.6 Å². The standard InChI is InChI=1S/C19H37N7O2.HI/c1-15(2)28-13-11-26-9-6-17(7-10-26)22-19(20-8-12-27-5)21-14-18-24-23-16(3)25(18)4;/h15,17H,6-14H2,1-5H3,(H2,20,21,22);1H. The number of ether oxygens (including phenoxy) is 2. The summed E-state index contributed by atoms with van der Waals surface area (Å²) in [6.07, 6.45) is 2.49. The minimum absolute atomic E-state index is 0. The number of hydrogen-bond donors (Lipinski definition) is 2. The fourth-order valence-electron chi connectivity index (χ4n) is 3.07. The summed E-state index contributed by atoms with van der Waals surface area (Å²) in [5, 5.41) is 15.2. The number of nitrogens with zero attached hydrogens (tertiary/aromatic N) is 5. The Morgan fingerprint density at radius 2 is 1.97 bits per heavy atom. The molecule has 168 valence electrons. The van der Waals surface area contributed by atoms with Gasteiger partial charge in [0.05, 0.1) is 19.3 Å². The van der Waals surface area contributed by atoms with Crippen LogP contribution in [0.4, 0.5) is 0 Å². The average Bonchev–Trinajstić information content (AvgIpc) is 2.99. The van der Waals surface area contributed by atoms with E-state index < -0.39 is 0 Å². The van der Waals surface area contributed by atoms with Gasteiger partial charge in [0, 0.05) is 46.4 Å². The van der Waals surface area contributed by atoms with Crippen molar-refractivity contribution in [2.24, 2.45) is 12.0 Å². The van der Waals surface area contributed by atoms with Crippen LogP contribution in [0.15, 0.2) is 4.99 Å². The van der Waals surface area contributed by atoms with E-state index in [1.54, 1.807) is 7.11 Å². The van der Waals surface area contributed by atoms with E-state index in [1.807, 2.05) is 18.5 Å². The second-order valence-corrected chi connectivity index (χ2v) is 7.49. The van der Waals surface area contributed by atoms with Gasteiger partial charge in [0.15, 0.2) is 11.8 Å². The van der Waals surface area contributed by atoms with Gasteiger partial charge in [0.2, 0.25) is 0 Å². The van der Waals surface area contributed by atoms with Crippen molar-refractivity contribution in [3.63, 3.8) is 0 Å².